The van der Waals surface area contributed by atoms with Gasteiger partial charge in [-0.3, -0.25) is 10.0 Å². The SMILES string of the molecule is Cc1cc(F)ccc1OC1CCN(S(=O)(=O)[C@H](CC(=O)NO)c2ccccc2)CC1. The second kappa shape index (κ2) is 9.55. The summed E-state index contributed by atoms with van der Waals surface area (Å²) in [6, 6.07) is 12.8. The maximum absolute atomic E-state index is 13.3. The van der Waals surface area contributed by atoms with Gasteiger partial charge in [0, 0.05) is 13.1 Å². The molecule has 1 fully saturated rings. The molecule has 0 spiro atoms. The van der Waals surface area contributed by atoms with E-state index in [1.54, 1.807) is 43.3 Å². The molecule has 1 aliphatic heterocycles. The van der Waals surface area contributed by atoms with Crippen molar-refractivity contribution in [1.29, 1.82) is 0 Å². The molecule has 0 bridgehead atoms. The maximum atomic E-state index is 13.3. The van der Waals surface area contributed by atoms with E-state index < -0.39 is 21.2 Å². The average molecular weight is 437 g/mol. The van der Waals surface area contributed by atoms with Gasteiger partial charge in [0.25, 0.3) is 0 Å². The fourth-order valence-electron chi connectivity index (χ4n) is 3.59. The number of piperidine rings is 1. The Bertz CT molecular complexity index is 976. The van der Waals surface area contributed by atoms with Gasteiger partial charge in [0.05, 0.1) is 6.42 Å². The molecule has 0 unspecified atom stereocenters. The van der Waals surface area contributed by atoms with E-state index in [-0.39, 0.29) is 31.4 Å². The van der Waals surface area contributed by atoms with E-state index in [1.807, 2.05) is 0 Å². The van der Waals surface area contributed by atoms with Crippen LogP contribution >= 0.6 is 0 Å². The predicted octanol–water partition coefficient (Wildman–Crippen LogP) is 2.94. The number of carbonyl (C=O) groups excluding carboxylic acids is 1. The van der Waals surface area contributed by atoms with Gasteiger partial charge in [-0.15, -0.1) is 0 Å². The number of nitrogens with one attached hydrogen (secondary N) is 1. The summed E-state index contributed by atoms with van der Waals surface area (Å²) < 4.78 is 47.1. The number of rotatable bonds is 7. The van der Waals surface area contributed by atoms with Crippen molar-refractivity contribution < 1.29 is 27.5 Å². The third-order valence-electron chi connectivity index (χ3n) is 5.22. The number of hydrogen-bond donors (Lipinski definition) is 2. The van der Waals surface area contributed by atoms with Gasteiger partial charge in [-0.05, 0) is 49.1 Å². The van der Waals surface area contributed by atoms with Gasteiger partial charge in [0.1, 0.15) is 22.9 Å². The quantitative estimate of drug-likeness (QED) is 0.514. The zero-order valence-corrected chi connectivity index (χ0v) is 17.4. The lowest BCUT2D eigenvalue weighted by molar-refractivity contribution is -0.129. The number of sulfonamides is 1. The van der Waals surface area contributed by atoms with Crippen LogP contribution in [0.4, 0.5) is 4.39 Å². The minimum Gasteiger partial charge on any atom is -0.490 e. The lowest BCUT2D eigenvalue weighted by Gasteiger charge is -2.34. The third kappa shape index (κ3) is 5.16. The topological polar surface area (TPSA) is 95.9 Å². The Labute approximate surface area is 175 Å². The standard InChI is InChI=1S/C21H25FN2O5S/c1-15-13-17(22)7-8-19(15)29-18-9-11-24(12-10-18)30(27,28)20(14-21(25)23-26)16-5-3-2-4-6-16/h2-8,13,18,20,26H,9-12,14H2,1H3,(H,23,25)/t20-/m1/s1. The Morgan fingerprint density at radius 3 is 2.50 bits per heavy atom. The molecule has 9 heteroatoms. The van der Waals surface area contributed by atoms with Crippen LogP contribution in [0.25, 0.3) is 0 Å². The van der Waals surface area contributed by atoms with E-state index in [4.69, 9.17) is 9.94 Å². The van der Waals surface area contributed by atoms with Gasteiger partial charge in [0.2, 0.25) is 15.9 Å². The van der Waals surface area contributed by atoms with Gasteiger partial charge >= 0.3 is 0 Å². The Morgan fingerprint density at radius 1 is 1.23 bits per heavy atom. The number of hydrogen-bond acceptors (Lipinski definition) is 5. The third-order valence-corrected chi connectivity index (χ3v) is 7.46. The van der Waals surface area contributed by atoms with Gasteiger partial charge in [0.15, 0.2) is 0 Å². The van der Waals surface area contributed by atoms with E-state index in [9.17, 15) is 17.6 Å². The molecule has 162 valence electrons. The molecule has 0 aromatic heterocycles. The van der Waals surface area contributed by atoms with Crippen LogP contribution in [0.15, 0.2) is 48.5 Å². The van der Waals surface area contributed by atoms with Gasteiger partial charge in [-0.25, -0.2) is 22.6 Å². The van der Waals surface area contributed by atoms with E-state index in [2.05, 4.69) is 0 Å². The second-order valence-electron chi connectivity index (χ2n) is 7.31. The molecule has 30 heavy (non-hydrogen) atoms. The molecule has 2 aromatic carbocycles. The number of aryl methyl sites for hydroxylation is 1. The maximum Gasteiger partial charge on any atom is 0.245 e. The zero-order chi connectivity index (χ0) is 21.7. The summed E-state index contributed by atoms with van der Waals surface area (Å²) in [5.41, 5.74) is 2.69. The Morgan fingerprint density at radius 2 is 1.90 bits per heavy atom. The van der Waals surface area contributed by atoms with E-state index in [0.29, 0.717) is 29.7 Å². The average Bonchev–Trinajstić information content (AvgIpc) is 2.74. The molecular formula is C21H25FN2O5S. The summed E-state index contributed by atoms with van der Waals surface area (Å²) in [6.45, 7) is 2.25. The number of ether oxygens (including phenoxy) is 1. The molecule has 3 rings (SSSR count). The van der Waals surface area contributed by atoms with Crippen molar-refractivity contribution >= 4 is 15.9 Å². The number of carbonyl (C=O) groups is 1. The number of nitrogens with zero attached hydrogens (tertiary/aromatic N) is 1. The molecule has 0 radical (unpaired) electrons. The minimum absolute atomic E-state index is 0.184. The normalized spacial score (nSPS) is 16.8. The molecule has 1 amide bonds. The lowest BCUT2D eigenvalue weighted by atomic mass is 10.1. The van der Waals surface area contributed by atoms with Gasteiger partial charge < -0.3 is 4.74 Å². The summed E-state index contributed by atoms with van der Waals surface area (Å²) in [5, 5.41) is 7.78. The van der Waals surface area contributed by atoms with Crippen LogP contribution in [-0.2, 0) is 14.8 Å². The monoisotopic (exact) mass is 436 g/mol. The van der Waals surface area contributed by atoms with Crippen LogP contribution in [0.3, 0.4) is 0 Å². The van der Waals surface area contributed by atoms with Crippen molar-refractivity contribution in [1.82, 2.24) is 9.79 Å². The summed E-state index contributed by atoms with van der Waals surface area (Å²) >= 11 is 0. The highest BCUT2D eigenvalue weighted by Gasteiger charge is 2.37. The van der Waals surface area contributed by atoms with Crippen molar-refractivity contribution in [2.45, 2.75) is 37.5 Å². The predicted molar refractivity (Wildman–Crippen MR) is 109 cm³/mol. The molecule has 1 atom stereocenters. The van der Waals surface area contributed by atoms with Crippen molar-refractivity contribution in [2.75, 3.05) is 13.1 Å². The first-order chi connectivity index (χ1) is 14.3. The highest BCUT2D eigenvalue weighted by atomic mass is 32.2. The van der Waals surface area contributed by atoms with Crippen molar-refractivity contribution in [3.63, 3.8) is 0 Å². The van der Waals surface area contributed by atoms with E-state index in [1.165, 1.54) is 21.9 Å². The fraction of sp³-hybridized carbons (Fsp3) is 0.381. The number of halogens is 1. The molecule has 1 saturated heterocycles. The van der Waals surface area contributed by atoms with Crippen LogP contribution in [0.5, 0.6) is 5.75 Å². The van der Waals surface area contributed by atoms with E-state index in [0.717, 1.165) is 0 Å². The zero-order valence-electron chi connectivity index (χ0n) is 16.6. The Balaban J connectivity index is 1.71. The minimum atomic E-state index is -3.84. The molecule has 1 heterocycles. The van der Waals surface area contributed by atoms with Crippen LogP contribution in [0.1, 0.15) is 35.6 Å². The lowest BCUT2D eigenvalue weighted by Crippen LogP contribution is -2.44. The first-order valence-electron chi connectivity index (χ1n) is 9.71. The number of amides is 1. The van der Waals surface area contributed by atoms with Crippen molar-refractivity contribution in [2.24, 2.45) is 0 Å². The summed E-state index contributed by atoms with van der Waals surface area (Å²) in [5.74, 6) is -0.517. The van der Waals surface area contributed by atoms with Crippen LogP contribution < -0.4 is 10.2 Å². The van der Waals surface area contributed by atoms with Gasteiger partial charge in [-0.1, -0.05) is 30.3 Å². The molecular weight excluding hydrogens is 411 g/mol. The molecule has 1 aliphatic rings. The summed E-state index contributed by atoms with van der Waals surface area (Å²) in [7, 11) is -3.84. The highest BCUT2D eigenvalue weighted by Crippen LogP contribution is 2.32. The van der Waals surface area contributed by atoms with Crippen LogP contribution in [-0.4, -0.2) is 43.0 Å². The number of hydroxylamine groups is 1. The second-order valence-corrected chi connectivity index (χ2v) is 9.42. The molecule has 0 aliphatic carbocycles. The van der Waals surface area contributed by atoms with Crippen molar-refractivity contribution in [3.05, 3.63) is 65.5 Å². The summed E-state index contributed by atoms with van der Waals surface area (Å²) in [4.78, 5) is 11.7. The highest BCUT2D eigenvalue weighted by molar-refractivity contribution is 7.89. The Kier molecular flexibility index (Phi) is 7.06. The first kappa shape index (κ1) is 22.2. The Hall–Kier alpha value is -2.49. The molecule has 2 N–H and O–H groups in total. The van der Waals surface area contributed by atoms with Crippen LogP contribution in [0.2, 0.25) is 0 Å². The smallest absolute Gasteiger partial charge is 0.245 e. The number of benzene rings is 2. The summed E-state index contributed by atoms with van der Waals surface area (Å²) in [6.07, 6.45) is 0.387. The van der Waals surface area contributed by atoms with Crippen molar-refractivity contribution in [3.8, 4) is 5.75 Å². The largest absolute Gasteiger partial charge is 0.490 e. The van der Waals surface area contributed by atoms with Crippen LogP contribution in [0, 0.1) is 12.7 Å². The molecule has 0 saturated carbocycles. The van der Waals surface area contributed by atoms with E-state index >= 15 is 0 Å². The molecule has 7 nitrogen and oxygen atoms in total. The first-order valence-corrected chi connectivity index (χ1v) is 11.2. The van der Waals surface area contributed by atoms with Gasteiger partial charge in [-0.2, -0.15) is 0 Å². The fourth-order valence-corrected chi connectivity index (χ4v) is 5.53. The molecule has 2 aromatic rings.